The minimum atomic E-state index is -4.55. The first-order valence-electron chi connectivity index (χ1n) is 7.84. The van der Waals surface area contributed by atoms with Gasteiger partial charge in [0.25, 0.3) is 5.91 Å². The fourth-order valence-electron chi connectivity index (χ4n) is 2.51. The minimum Gasteiger partial charge on any atom is -0.383 e. The number of thiazole rings is 1. The Morgan fingerprint density at radius 2 is 2.00 bits per heavy atom. The Balaban J connectivity index is 2.08. The number of ether oxygens (including phenoxy) is 1. The van der Waals surface area contributed by atoms with Crippen molar-refractivity contribution >= 4 is 27.5 Å². The van der Waals surface area contributed by atoms with Crippen LogP contribution >= 0.6 is 11.3 Å². The van der Waals surface area contributed by atoms with Crippen molar-refractivity contribution in [2.24, 2.45) is 4.99 Å². The lowest BCUT2D eigenvalue weighted by atomic mass is 10.1. The highest BCUT2D eigenvalue weighted by Gasteiger charge is 2.30. The van der Waals surface area contributed by atoms with Crippen molar-refractivity contribution in [1.29, 1.82) is 0 Å². The Labute approximate surface area is 155 Å². The summed E-state index contributed by atoms with van der Waals surface area (Å²) < 4.78 is 59.3. The molecule has 0 unspecified atom stereocenters. The third-order valence-corrected chi connectivity index (χ3v) is 4.84. The van der Waals surface area contributed by atoms with Gasteiger partial charge in [-0.05, 0) is 36.4 Å². The van der Waals surface area contributed by atoms with Crippen LogP contribution in [0.5, 0.6) is 0 Å². The van der Waals surface area contributed by atoms with Crippen LogP contribution in [-0.2, 0) is 17.5 Å². The maximum absolute atomic E-state index is 13.5. The van der Waals surface area contributed by atoms with Gasteiger partial charge >= 0.3 is 6.18 Å². The van der Waals surface area contributed by atoms with Crippen molar-refractivity contribution in [2.45, 2.75) is 12.7 Å². The number of rotatable bonds is 4. The molecular formula is C18H14F4N2O2S. The number of benzene rings is 2. The lowest BCUT2D eigenvalue weighted by Gasteiger charge is -2.07. The summed E-state index contributed by atoms with van der Waals surface area (Å²) in [6, 6.07) is 8.24. The third-order valence-electron chi connectivity index (χ3n) is 3.80. The quantitative estimate of drug-likeness (QED) is 0.617. The first-order chi connectivity index (χ1) is 12.8. The van der Waals surface area contributed by atoms with E-state index in [2.05, 4.69) is 4.99 Å². The molecule has 3 rings (SSSR count). The predicted octanol–water partition coefficient (Wildman–Crippen LogP) is 4.25. The van der Waals surface area contributed by atoms with Gasteiger partial charge in [0.05, 0.1) is 22.4 Å². The third kappa shape index (κ3) is 4.25. The number of carbonyl (C=O) groups excluding carboxylic acids is 1. The molecule has 1 amide bonds. The first-order valence-corrected chi connectivity index (χ1v) is 8.65. The summed E-state index contributed by atoms with van der Waals surface area (Å²) in [5.41, 5.74) is -0.435. The van der Waals surface area contributed by atoms with Crippen LogP contribution in [0.25, 0.3) is 10.2 Å². The van der Waals surface area contributed by atoms with Gasteiger partial charge in [0.15, 0.2) is 4.80 Å². The van der Waals surface area contributed by atoms with E-state index in [4.69, 9.17) is 4.74 Å². The van der Waals surface area contributed by atoms with Crippen LogP contribution in [0.3, 0.4) is 0 Å². The number of amides is 1. The summed E-state index contributed by atoms with van der Waals surface area (Å²) in [6.07, 6.45) is -4.55. The van der Waals surface area contributed by atoms with E-state index >= 15 is 0 Å². The number of carbonyl (C=O) groups is 1. The zero-order valence-corrected chi connectivity index (χ0v) is 14.9. The van der Waals surface area contributed by atoms with E-state index in [0.29, 0.717) is 23.4 Å². The van der Waals surface area contributed by atoms with Crippen LogP contribution in [0, 0.1) is 5.82 Å². The smallest absolute Gasteiger partial charge is 0.383 e. The van der Waals surface area contributed by atoms with E-state index in [-0.39, 0.29) is 10.4 Å². The molecule has 0 aliphatic heterocycles. The van der Waals surface area contributed by atoms with Gasteiger partial charge in [-0.25, -0.2) is 4.39 Å². The average molecular weight is 398 g/mol. The van der Waals surface area contributed by atoms with E-state index in [0.717, 1.165) is 29.5 Å². The van der Waals surface area contributed by atoms with Crippen molar-refractivity contribution in [3.8, 4) is 0 Å². The molecule has 0 radical (unpaired) electrons. The highest BCUT2D eigenvalue weighted by molar-refractivity contribution is 7.16. The van der Waals surface area contributed by atoms with Gasteiger partial charge in [0.1, 0.15) is 5.82 Å². The van der Waals surface area contributed by atoms with E-state index in [9.17, 15) is 22.4 Å². The van der Waals surface area contributed by atoms with Gasteiger partial charge in [0, 0.05) is 19.2 Å². The second-order valence-corrected chi connectivity index (χ2v) is 6.65. The standard InChI is InChI=1S/C18H14F4N2O2S/c1-26-8-7-24-14-6-5-13(19)10-15(14)27-17(24)23-16(25)11-3-2-4-12(9-11)18(20,21)22/h2-6,9-10H,7-8H2,1H3. The molecule has 0 aliphatic carbocycles. The number of aromatic nitrogens is 1. The van der Waals surface area contributed by atoms with Crippen molar-refractivity contribution < 1.29 is 27.1 Å². The van der Waals surface area contributed by atoms with Crippen LogP contribution in [-0.4, -0.2) is 24.2 Å². The van der Waals surface area contributed by atoms with Crippen molar-refractivity contribution in [2.75, 3.05) is 13.7 Å². The molecule has 4 nitrogen and oxygen atoms in total. The molecule has 27 heavy (non-hydrogen) atoms. The van der Waals surface area contributed by atoms with Gasteiger partial charge in [-0.2, -0.15) is 18.2 Å². The SMILES string of the molecule is COCCn1c(=NC(=O)c2cccc(C(F)(F)F)c2)sc2cc(F)ccc21. The van der Waals surface area contributed by atoms with Crippen LogP contribution in [0.4, 0.5) is 17.6 Å². The number of hydrogen-bond donors (Lipinski definition) is 0. The number of nitrogens with zero attached hydrogens (tertiary/aromatic N) is 2. The topological polar surface area (TPSA) is 43.6 Å². The van der Waals surface area contributed by atoms with Gasteiger partial charge in [-0.1, -0.05) is 17.4 Å². The molecule has 0 saturated heterocycles. The Kier molecular flexibility index (Phi) is 5.43. The van der Waals surface area contributed by atoms with E-state index in [1.807, 2.05) is 0 Å². The summed E-state index contributed by atoms with van der Waals surface area (Å²) in [5, 5.41) is 0. The summed E-state index contributed by atoms with van der Waals surface area (Å²) in [7, 11) is 1.51. The molecule has 0 fully saturated rings. The lowest BCUT2D eigenvalue weighted by Crippen LogP contribution is -2.19. The molecule has 142 valence electrons. The molecule has 9 heteroatoms. The molecular weight excluding hydrogens is 384 g/mol. The fraction of sp³-hybridized carbons (Fsp3) is 0.222. The highest BCUT2D eigenvalue weighted by atomic mass is 32.1. The lowest BCUT2D eigenvalue weighted by molar-refractivity contribution is -0.137. The maximum atomic E-state index is 13.5. The molecule has 0 bridgehead atoms. The van der Waals surface area contributed by atoms with Gasteiger partial charge in [-0.15, -0.1) is 0 Å². The second kappa shape index (κ2) is 7.61. The van der Waals surface area contributed by atoms with E-state index < -0.39 is 23.5 Å². The Morgan fingerprint density at radius 1 is 1.22 bits per heavy atom. The molecule has 3 aromatic rings. The second-order valence-electron chi connectivity index (χ2n) is 5.64. The Hall–Kier alpha value is -2.52. The molecule has 1 aromatic heterocycles. The predicted molar refractivity (Wildman–Crippen MR) is 93.0 cm³/mol. The Morgan fingerprint density at radius 3 is 2.70 bits per heavy atom. The summed E-state index contributed by atoms with van der Waals surface area (Å²) in [6.45, 7) is 0.685. The van der Waals surface area contributed by atoms with Crippen molar-refractivity contribution in [3.05, 3.63) is 64.2 Å². The summed E-state index contributed by atoms with van der Waals surface area (Å²) in [4.78, 5) is 16.6. The molecule has 0 atom stereocenters. The molecule has 0 spiro atoms. The number of hydrogen-bond acceptors (Lipinski definition) is 3. The van der Waals surface area contributed by atoms with Gasteiger partial charge in [0.2, 0.25) is 0 Å². The van der Waals surface area contributed by atoms with Crippen LogP contribution in [0.1, 0.15) is 15.9 Å². The molecule has 1 heterocycles. The van der Waals surface area contributed by atoms with Crippen LogP contribution in [0.15, 0.2) is 47.5 Å². The first kappa shape index (κ1) is 19.2. The van der Waals surface area contributed by atoms with Crippen molar-refractivity contribution in [1.82, 2.24) is 4.57 Å². The molecule has 0 saturated carbocycles. The maximum Gasteiger partial charge on any atom is 0.416 e. The zero-order chi connectivity index (χ0) is 19.6. The highest BCUT2D eigenvalue weighted by Crippen LogP contribution is 2.29. The van der Waals surface area contributed by atoms with Crippen molar-refractivity contribution in [3.63, 3.8) is 0 Å². The van der Waals surface area contributed by atoms with E-state index in [1.165, 1.54) is 25.3 Å². The fourth-order valence-corrected chi connectivity index (χ4v) is 3.59. The normalized spacial score (nSPS) is 12.7. The monoisotopic (exact) mass is 398 g/mol. The van der Waals surface area contributed by atoms with E-state index in [1.54, 1.807) is 10.6 Å². The summed E-state index contributed by atoms with van der Waals surface area (Å²) in [5.74, 6) is -1.24. The number of halogens is 4. The number of alkyl halides is 3. The van der Waals surface area contributed by atoms with Crippen LogP contribution in [0.2, 0.25) is 0 Å². The van der Waals surface area contributed by atoms with Gasteiger partial charge in [-0.3, -0.25) is 4.79 Å². The number of methoxy groups -OCH3 is 1. The molecule has 0 aliphatic rings. The minimum absolute atomic E-state index is 0.174. The van der Waals surface area contributed by atoms with Crippen LogP contribution < -0.4 is 4.80 Å². The number of fused-ring (bicyclic) bond motifs is 1. The molecule has 0 N–H and O–H groups in total. The average Bonchev–Trinajstić information content (AvgIpc) is 2.95. The summed E-state index contributed by atoms with van der Waals surface area (Å²) >= 11 is 1.08. The zero-order valence-electron chi connectivity index (χ0n) is 14.1. The van der Waals surface area contributed by atoms with Gasteiger partial charge < -0.3 is 9.30 Å². The Bertz CT molecular complexity index is 1050. The molecule has 2 aromatic carbocycles. The largest absolute Gasteiger partial charge is 0.416 e.